The highest BCUT2D eigenvalue weighted by Crippen LogP contribution is 2.30. The fourth-order valence-electron chi connectivity index (χ4n) is 3.19. The molecule has 0 saturated carbocycles. The van der Waals surface area contributed by atoms with E-state index in [1.807, 2.05) is 6.07 Å². The summed E-state index contributed by atoms with van der Waals surface area (Å²) >= 11 is 0. The zero-order valence-corrected chi connectivity index (χ0v) is 12.8. The zero-order chi connectivity index (χ0) is 15.5. The van der Waals surface area contributed by atoms with E-state index in [-0.39, 0.29) is 0 Å². The number of aromatic carboxylic acids is 1. The Balaban J connectivity index is 1.74. The average molecular weight is 295 g/mol. The lowest BCUT2D eigenvalue weighted by atomic mass is 9.86. The van der Waals surface area contributed by atoms with E-state index in [4.69, 9.17) is 5.11 Å². The fraction of sp³-hybridized carbons (Fsp3) is 0.316. The molecule has 114 valence electrons. The summed E-state index contributed by atoms with van der Waals surface area (Å²) in [6.07, 6.45) is 3.49. The third-order valence-corrected chi connectivity index (χ3v) is 4.34. The van der Waals surface area contributed by atoms with E-state index in [1.165, 1.54) is 23.1 Å². The highest BCUT2D eigenvalue weighted by atomic mass is 16.4. The predicted octanol–water partition coefficient (Wildman–Crippen LogP) is 3.86. The summed E-state index contributed by atoms with van der Waals surface area (Å²) in [6.45, 7) is 2.82. The molecule has 2 N–H and O–H groups in total. The molecule has 0 saturated heterocycles. The van der Waals surface area contributed by atoms with Crippen molar-refractivity contribution in [2.24, 2.45) is 0 Å². The van der Waals surface area contributed by atoms with Gasteiger partial charge in [-0.15, -0.1) is 0 Å². The van der Waals surface area contributed by atoms with Crippen LogP contribution in [0.1, 0.15) is 51.5 Å². The van der Waals surface area contributed by atoms with Crippen molar-refractivity contribution in [1.29, 1.82) is 0 Å². The van der Waals surface area contributed by atoms with Crippen LogP contribution in [-0.4, -0.2) is 11.1 Å². The fourth-order valence-corrected chi connectivity index (χ4v) is 3.19. The monoisotopic (exact) mass is 295 g/mol. The molecule has 0 aliphatic heterocycles. The number of nitrogens with one attached hydrogen (secondary N) is 1. The molecule has 0 heterocycles. The lowest BCUT2D eigenvalue weighted by Gasteiger charge is -2.27. The van der Waals surface area contributed by atoms with E-state index in [2.05, 4.69) is 30.4 Å². The van der Waals surface area contributed by atoms with Crippen LogP contribution >= 0.6 is 0 Å². The second-order valence-electron chi connectivity index (χ2n) is 6.03. The summed E-state index contributed by atoms with van der Waals surface area (Å²) in [5.41, 5.74) is 5.49. The molecular weight excluding hydrogens is 274 g/mol. The largest absolute Gasteiger partial charge is 0.478 e. The minimum absolute atomic E-state index is 0.346. The van der Waals surface area contributed by atoms with Crippen molar-refractivity contribution in [3.63, 3.8) is 0 Å². The Bertz CT molecular complexity index is 694. The highest BCUT2D eigenvalue weighted by molar-refractivity contribution is 5.87. The van der Waals surface area contributed by atoms with Crippen LogP contribution in [0.3, 0.4) is 0 Å². The first-order valence-corrected chi connectivity index (χ1v) is 7.78. The molecule has 3 rings (SSSR count). The molecule has 0 amide bonds. The van der Waals surface area contributed by atoms with Crippen molar-refractivity contribution in [3.8, 4) is 0 Å². The first-order valence-electron chi connectivity index (χ1n) is 7.78. The van der Waals surface area contributed by atoms with Gasteiger partial charge in [0, 0.05) is 12.6 Å². The Labute approximate surface area is 131 Å². The van der Waals surface area contributed by atoms with Gasteiger partial charge in [-0.25, -0.2) is 4.79 Å². The smallest absolute Gasteiger partial charge is 0.335 e. The Kier molecular flexibility index (Phi) is 4.25. The maximum absolute atomic E-state index is 11.0. The molecule has 1 aliphatic rings. The van der Waals surface area contributed by atoms with Crippen molar-refractivity contribution >= 4 is 5.97 Å². The van der Waals surface area contributed by atoms with Crippen LogP contribution < -0.4 is 5.32 Å². The Hall–Kier alpha value is -2.13. The van der Waals surface area contributed by atoms with E-state index < -0.39 is 5.97 Å². The van der Waals surface area contributed by atoms with Gasteiger partial charge in [-0.3, -0.25) is 0 Å². The number of hydrogen-bond donors (Lipinski definition) is 2. The summed E-state index contributed by atoms with van der Waals surface area (Å²) in [5, 5.41) is 12.7. The lowest BCUT2D eigenvalue weighted by molar-refractivity contribution is 0.0696. The van der Waals surface area contributed by atoms with E-state index in [9.17, 15) is 4.79 Å². The van der Waals surface area contributed by atoms with Crippen LogP contribution in [0.4, 0.5) is 0 Å². The third-order valence-electron chi connectivity index (χ3n) is 4.34. The first kappa shape index (κ1) is 14.8. The van der Waals surface area contributed by atoms with E-state index >= 15 is 0 Å². The van der Waals surface area contributed by atoms with Gasteiger partial charge in [0.05, 0.1) is 5.56 Å². The summed E-state index contributed by atoms with van der Waals surface area (Å²) < 4.78 is 0. The molecule has 2 aromatic carbocycles. The molecule has 3 nitrogen and oxygen atoms in total. The van der Waals surface area contributed by atoms with Gasteiger partial charge in [0.25, 0.3) is 0 Å². The van der Waals surface area contributed by atoms with Crippen LogP contribution in [0, 0.1) is 6.92 Å². The summed E-state index contributed by atoms with van der Waals surface area (Å²) in [7, 11) is 0. The van der Waals surface area contributed by atoms with Crippen LogP contribution in [0.25, 0.3) is 0 Å². The molecule has 0 spiro atoms. The van der Waals surface area contributed by atoms with Gasteiger partial charge in [0.2, 0.25) is 0 Å². The molecule has 22 heavy (non-hydrogen) atoms. The number of aryl methyl sites for hydroxylation is 2. The molecule has 0 aromatic heterocycles. The normalized spacial score (nSPS) is 17.0. The maximum Gasteiger partial charge on any atom is 0.335 e. The molecule has 1 aliphatic carbocycles. The van der Waals surface area contributed by atoms with Gasteiger partial charge < -0.3 is 10.4 Å². The Morgan fingerprint density at radius 1 is 1.27 bits per heavy atom. The number of fused-ring (bicyclic) bond motifs is 1. The predicted molar refractivity (Wildman–Crippen MR) is 87.1 cm³/mol. The van der Waals surface area contributed by atoms with Crippen LogP contribution in [0.15, 0.2) is 42.5 Å². The van der Waals surface area contributed by atoms with Crippen molar-refractivity contribution in [2.45, 2.75) is 38.8 Å². The number of benzene rings is 2. The quantitative estimate of drug-likeness (QED) is 0.900. The standard InChI is InChI=1S/C19H21NO2/c1-13-8-9-15-5-3-7-18(17(15)10-13)20-12-14-4-2-6-16(11-14)19(21)22/h2,4,6,8-11,18,20H,3,5,7,12H2,1H3,(H,21,22)/t18-/m1/s1. The number of rotatable bonds is 4. The molecule has 0 bridgehead atoms. The number of carbonyl (C=O) groups is 1. The van der Waals surface area contributed by atoms with Crippen LogP contribution in [0.2, 0.25) is 0 Å². The average Bonchev–Trinajstić information content (AvgIpc) is 2.53. The number of carboxylic acids is 1. The summed E-state index contributed by atoms with van der Waals surface area (Å²) in [5.74, 6) is -0.875. The molecular formula is C19H21NO2. The van der Waals surface area contributed by atoms with E-state index in [0.717, 1.165) is 18.4 Å². The highest BCUT2D eigenvalue weighted by Gasteiger charge is 2.19. The Morgan fingerprint density at radius 2 is 2.14 bits per heavy atom. The molecule has 1 atom stereocenters. The van der Waals surface area contributed by atoms with E-state index in [1.54, 1.807) is 18.2 Å². The third kappa shape index (κ3) is 3.20. The second kappa shape index (κ2) is 6.32. The molecule has 0 radical (unpaired) electrons. The number of hydrogen-bond acceptors (Lipinski definition) is 2. The van der Waals surface area contributed by atoms with Crippen LogP contribution in [-0.2, 0) is 13.0 Å². The minimum atomic E-state index is -0.875. The topological polar surface area (TPSA) is 49.3 Å². The molecule has 0 unspecified atom stereocenters. The van der Waals surface area contributed by atoms with Crippen molar-refractivity contribution in [1.82, 2.24) is 5.32 Å². The van der Waals surface area contributed by atoms with Gasteiger partial charge in [0.15, 0.2) is 0 Å². The Morgan fingerprint density at radius 3 is 2.95 bits per heavy atom. The zero-order valence-electron chi connectivity index (χ0n) is 12.8. The van der Waals surface area contributed by atoms with E-state index in [0.29, 0.717) is 18.2 Å². The van der Waals surface area contributed by atoms with Crippen molar-refractivity contribution in [3.05, 3.63) is 70.3 Å². The van der Waals surface area contributed by atoms with Gasteiger partial charge in [-0.2, -0.15) is 0 Å². The van der Waals surface area contributed by atoms with Crippen molar-refractivity contribution in [2.75, 3.05) is 0 Å². The molecule has 0 fully saturated rings. The number of carboxylic acid groups (broad SMARTS) is 1. The maximum atomic E-state index is 11.0. The molecule has 3 heteroatoms. The minimum Gasteiger partial charge on any atom is -0.478 e. The first-order chi connectivity index (χ1) is 10.6. The lowest BCUT2D eigenvalue weighted by Crippen LogP contribution is -2.25. The molecule has 2 aromatic rings. The van der Waals surface area contributed by atoms with Gasteiger partial charge in [-0.05, 0) is 55.0 Å². The summed E-state index contributed by atoms with van der Waals surface area (Å²) in [6, 6.07) is 14.2. The summed E-state index contributed by atoms with van der Waals surface area (Å²) in [4.78, 5) is 11.0. The van der Waals surface area contributed by atoms with Gasteiger partial charge in [-0.1, -0.05) is 35.9 Å². The van der Waals surface area contributed by atoms with Crippen LogP contribution in [0.5, 0.6) is 0 Å². The van der Waals surface area contributed by atoms with Crippen molar-refractivity contribution < 1.29 is 9.90 Å². The van der Waals surface area contributed by atoms with Gasteiger partial charge in [0.1, 0.15) is 0 Å². The SMILES string of the molecule is Cc1ccc2c(c1)[C@H](NCc1cccc(C(=O)O)c1)CCC2. The second-order valence-corrected chi connectivity index (χ2v) is 6.03. The van der Waals surface area contributed by atoms with Gasteiger partial charge >= 0.3 is 5.97 Å².